The maximum atomic E-state index is 12.5. The molecule has 1 saturated carbocycles. The highest BCUT2D eigenvalue weighted by molar-refractivity contribution is 5.84. The molecule has 0 atom stereocenters. The van der Waals surface area contributed by atoms with Crippen molar-refractivity contribution < 1.29 is 14.3 Å². The van der Waals surface area contributed by atoms with E-state index in [1.165, 1.54) is 18.4 Å². The van der Waals surface area contributed by atoms with Crippen molar-refractivity contribution in [2.75, 3.05) is 20.3 Å². The van der Waals surface area contributed by atoms with Gasteiger partial charge in [0.15, 0.2) is 6.61 Å². The standard InChI is InChI=1S/C25H27NO3/c1-28-22-12-9-21(10-13-22)25(14-4-5-15-25)18-26-24(27)17-29-23-11-8-19-6-2-3-7-20(19)16-23/h2-3,6-13,16H,4-5,14-15,17-18H2,1H3,(H,26,27). The highest BCUT2D eigenvalue weighted by Gasteiger charge is 2.35. The second-order valence-electron chi connectivity index (χ2n) is 7.79. The van der Waals surface area contributed by atoms with Gasteiger partial charge in [0.25, 0.3) is 5.91 Å². The van der Waals surface area contributed by atoms with Crippen molar-refractivity contribution in [2.45, 2.75) is 31.1 Å². The summed E-state index contributed by atoms with van der Waals surface area (Å²) in [5.41, 5.74) is 1.27. The van der Waals surface area contributed by atoms with E-state index in [1.807, 2.05) is 48.5 Å². The van der Waals surface area contributed by atoms with E-state index >= 15 is 0 Å². The second-order valence-corrected chi connectivity index (χ2v) is 7.79. The van der Waals surface area contributed by atoms with Crippen molar-refractivity contribution in [2.24, 2.45) is 0 Å². The summed E-state index contributed by atoms with van der Waals surface area (Å²) in [4.78, 5) is 12.5. The Morgan fingerprint density at radius 2 is 1.62 bits per heavy atom. The van der Waals surface area contributed by atoms with Crippen LogP contribution < -0.4 is 14.8 Å². The summed E-state index contributed by atoms with van der Waals surface area (Å²) in [6.07, 6.45) is 4.56. The average molecular weight is 389 g/mol. The van der Waals surface area contributed by atoms with Crippen LogP contribution in [0.3, 0.4) is 0 Å². The number of nitrogens with one attached hydrogen (secondary N) is 1. The molecule has 0 spiro atoms. The molecule has 0 unspecified atom stereocenters. The Kier molecular flexibility index (Phi) is 5.70. The molecule has 29 heavy (non-hydrogen) atoms. The summed E-state index contributed by atoms with van der Waals surface area (Å²) >= 11 is 0. The molecule has 1 fully saturated rings. The molecular weight excluding hydrogens is 362 g/mol. The number of benzene rings is 3. The smallest absolute Gasteiger partial charge is 0.257 e. The molecule has 3 aromatic carbocycles. The van der Waals surface area contributed by atoms with Crippen molar-refractivity contribution in [1.29, 1.82) is 0 Å². The van der Waals surface area contributed by atoms with E-state index in [0.717, 1.165) is 29.4 Å². The molecule has 0 aromatic heterocycles. The Morgan fingerprint density at radius 1 is 0.931 bits per heavy atom. The minimum Gasteiger partial charge on any atom is -0.497 e. The van der Waals surface area contributed by atoms with Gasteiger partial charge < -0.3 is 14.8 Å². The predicted molar refractivity (Wildman–Crippen MR) is 116 cm³/mol. The number of methoxy groups -OCH3 is 1. The van der Waals surface area contributed by atoms with Crippen LogP contribution in [0.5, 0.6) is 11.5 Å². The molecule has 4 nitrogen and oxygen atoms in total. The lowest BCUT2D eigenvalue weighted by Gasteiger charge is -2.30. The van der Waals surface area contributed by atoms with Gasteiger partial charge in [-0.2, -0.15) is 0 Å². The van der Waals surface area contributed by atoms with Crippen molar-refractivity contribution >= 4 is 16.7 Å². The summed E-state index contributed by atoms with van der Waals surface area (Å²) < 4.78 is 11.0. The molecule has 1 amide bonds. The molecule has 150 valence electrons. The topological polar surface area (TPSA) is 47.6 Å². The van der Waals surface area contributed by atoms with Crippen LogP contribution in [0.4, 0.5) is 0 Å². The molecule has 1 N–H and O–H groups in total. The largest absolute Gasteiger partial charge is 0.497 e. The molecule has 0 aliphatic heterocycles. The van der Waals surface area contributed by atoms with E-state index in [0.29, 0.717) is 12.3 Å². The molecule has 0 saturated heterocycles. The first-order valence-electron chi connectivity index (χ1n) is 10.2. The lowest BCUT2D eigenvalue weighted by molar-refractivity contribution is -0.123. The number of carbonyl (C=O) groups excluding carboxylic acids is 1. The first kappa shape index (κ1) is 19.3. The van der Waals surface area contributed by atoms with E-state index in [1.54, 1.807) is 7.11 Å². The predicted octanol–water partition coefficient (Wildman–Crippen LogP) is 4.86. The summed E-state index contributed by atoms with van der Waals surface area (Å²) in [6, 6.07) is 22.3. The molecule has 1 aliphatic carbocycles. The number of hydrogen-bond donors (Lipinski definition) is 1. The Bertz CT molecular complexity index is 975. The zero-order valence-corrected chi connectivity index (χ0v) is 16.8. The maximum absolute atomic E-state index is 12.5. The fourth-order valence-corrected chi connectivity index (χ4v) is 4.29. The van der Waals surface area contributed by atoms with Crippen molar-refractivity contribution in [3.63, 3.8) is 0 Å². The fourth-order valence-electron chi connectivity index (χ4n) is 4.29. The minimum absolute atomic E-state index is 0.00484. The first-order chi connectivity index (χ1) is 14.2. The van der Waals surface area contributed by atoms with Crippen LogP contribution in [-0.2, 0) is 10.2 Å². The van der Waals surface area contributed by atoms with Crippen LogP contribution in [0.1, 0.15) is 31.2 Å². The van der Waals surface area contributed by atoms with Crippen LogP contribution in [0.15, 0.2) is 66.7 Å². The Balaban J connectivity index is 1.36. The molecule has 4 rings (SSSR count). The summed E-state index contributed by atoms with van der Waals surface area (Å²) in [5, 5.41) is 5.37. The van der Waals surface area contributed by atoms with Gasteiger partial charge in [-0.05, 0) is 53.4 Å². The van der Waals surface area contributed by atoms with Gasteiger partial charge in [-0.1, -0.05) is 55.3 Å². The SMILES string of the molecule is COc1ccc(C2(CNC(=O)COc3ccc4ccccc4c3)CCCC2)cc1. The lowest BCUT2D eigenvalue weighted by atomic mass is 9.79. The van der Waals surface area contributed by atoms with E-state index < -0.39 is 0 Å². The van der Waals surface area contributed by atoms with Gasteiger partial charge in [-0.25, -0.2) is 0 Å². The van der Waals surface area contributed by atoms with Gasteiger partial charge in [0, 0.05) is 12.0 Å². The van der Waals surface area contributed by atoms with Crippen LogP contribution in [0, 0.1) is 0 Å². The third-order valence-corrected chi connectivity index (χ3v) is 5.98. The van der Waals surface area contributed by atoms with Crippen molar-refractivity contribution in [3.05, 3.63) is 72.3 Å². The Hall–Kier alpha value is -3.01. The molecule has 0 heterocycles. The number of amides is 1. The van der Waals surface area contributed by atoms with E-state index in [-0.39, 0.29) is 17.9 Å². The van der Waals surface area contributed by atoms with Gasteiger partial charge >= 0.3 is 0 Å². The second kappa shape index (κ2) is 8.56. The number of fused-ring (bicyclic) bond motifs is 1. The zero-order chi connectivity index (χ0) is 20.1. The lowest BCUT2D eigenvalue weighted by Crippen LogP contribution is -2.40. The summed E-state index contributed by atoms with van der Waals surface area (Å²) in [7, 11) is 1.68. The number of carbonyl (C=O) groups is 1. The minimum atomic E-state index is -0.0852. The zero-order valence-electron chi connectivity index (χ0n) is 16.8. The normalized spacial score (nSPS) is 15.2. The van der Waals surface area contributed by atoms with Gasteiger partial charge in [-0.3, -0.25) is 4.79 Å². The van der Waals surface area contributed by atoms with Gasteiger partial charge in [-0.15, -0.1) is 0 Å². The van der Waals surface area contributed by atoms with E-state index in [2.05, 4.69) is 23.5 Å². The molecule has 4 heteroatoms. The van der Waals surface area contributed by atoms with Gasteiger partial charge in [0.2, 0.25) is 0 Å². The summed E-state index contributed by atoms with van der Waals surface area (Å²) in [6.45, 7) is 0.663. The highest BCUT2D eigenvalue weighted by atomic mass is 16.5. The number of ether oxygens (including phenoxy) is 2. The van der Waals surface area contributed by atoms with Crippen molar-refractivity contribution in [1.82, 2.24) is 5.32 Å². The van der Waals surface area contributed by atoms with Crippen molar-refractivity contribution in [3.8, 4) is 11.5 Å². The van der Waals surface area contributed by atoms with Crippen LogP contribution >= 0.6 is 0 Å². The quantitative estimate of drug-likeness (QED) is 0.628. The molecule has 0 radical (unpaired) electrons. The average Bonchev–Trinajstić information content (AvgIpc) is 3.26. The molecular formula is C25H27NO3. The molecule has 1 aliphatic rings. The highest BCUT2D eigenvalue weighted by Crippen LogP contribution is 2.41. The van der Waals surface area contributed by atoms with Gasteiger partial charge in [0.05, 0.1) is 7.11 Å². The Morgan fingerprint density at radius 3 is 2.34 bits per heavy atom. The third-order valence-electron chi connectivity index (χ3n) is 5.98. The molecule has 0 bridgehead atoms. The van der Waals surface area contributed by atoms with E-state index in [9.17, 15) is 4.79 Å². The summed E-state index contributed by atoms with van der Waals surface area (Å²) in [5.74, 6) is 1.48. The van der Waals surface area contributed by atoms with Crippen LogP contribution in [0.2, 0.25) is 0 Å². The van der Waals surface area contributed by atoms with Crippen LogP contribution in [-0.4, -0.2) is 26.2 Å². The first-order valence-corrected chi connectivity index (χ1v) is 10.2. The van der Waals surface area contributed by atoms with Gasteiger partial charge in [0.1, 0.15) is 11.5 Å². The third kappa shape index (κ3) is 4.37. The number of hydrogen-bond acceptors (Lipinski definition) is 3. The van der Waals surface area contributed by atoms with E-state index in [4.69, 9.17) is 9.47 Å². The number of rotatable bonds is 7. The fraction of sp³-hybridized carbons (Fsp3) is 0.320. The maximum Gasteiger partial charge on any atom is 0.257 e. The monoisotopic (exact) mass is 389 g/mol. The Labute approximate surface area is 171 Å². The molecule has 3 aromatic rings. The van der Waals surface area contributed by atoms with Crippen LogP contribution in [0.25, 0.3) is 10.8 Å².